The first kappa shape index (κ1) is 10.9. The molecule has 0 aliphatic carbocycles. The molecule has 0 spiro atoms. The highest BCUT2D eigenvalue weighted by Gasteiger charge is 2.01. The van der Waals surface area contributed by atoms with Crippen LogP contribution in [0.15, 0.2) is 32.5 Å². The maximum Gasteiger partial charge on any atom is 0.174 e. The standard InChI is InChI=1S/C9H8BrN3S2/c10-7-1-6(2-8(11)3-7)4-14-9-13-12-5-15-9/h1-3,5H,4,11H2. The number of nitrogen functional groups attached to an aromatic ring is 1. The van der Waals surface area contributed by atoms with E-state index in [0.717, 1.165) is 20.3 Å². The first-order chi connectivity index (χ1) is 7.24. The Kier molecular flexibility index (Phi) is 3.61. The smallest absolute Gasteiger partial charge is 0.174 e. The Balaban J connectivity index is 2.05. The number of nitrogens with two attached hydrogens (primary N) is 1. The maximum atomic E-state index is 5.74. The minimum atomic E-state index is 0.775. The fourth-order valence-electron chi connectivity index (χ4n) is 1.13. The third-order valence-electron chi connectivity index (χ3n) is 1.68. The van der Waals surface area contributed by atoms with Gasteiger partial charge in [-0.2, -0.15) is 0 Å². The van der Waals surface area contributed by atoms with E-state index in [-0.39, 0.29) is 0 Å². The molecule has 1 aromatic carbocycles. The van der Waals surface area contributed by atoms with Gasteiger partial charge >= 0.3 is 0 Å². The molecule has 1 heterocycles. The summed E-state index contributed by atoms with van der Waals surface area (Å²) in [6, 6.07) is 5.92. The molecule has 3 nitrogen and oxygen atoms in total. The number of thioether (sulfide) groups is 1. The number of aromatic nitrogens is 2. The minimum absolute atomic E-state index is 0.775. The van der Waals surface area contributed by atoms with Gasteiger partial charge in [-0.3, -0.25) is 0 Å². The van der Waals surface area contributed by atoms with Crippen LogP contribution < -0.4 is 5.73 Å². The van der Waals surface area contributed by atoms with E-state index in [1.165, 1.54) is 5.56 Å². The number of halogens is 1. The first-order valence-electron chi connectivity index (χ1n) is 4.18. The Hall–Kier alpha value is -0.590. The highest BCUT2D eigenvalue weighted by molar-refractivity contribution is 9.10. The van der Waals surface area contributed by atoms with Crippen molar-refractivity contribution in [2.75, 3.05) is 5.73 Å². The maximum absolute atomic E-state index is 5.74. The fraction of sp³-hybridized carbons (Fsp3) is 0.111. The number of anilines is 1. The Morgan fingerprint density at radius 2 is 2.27 bits per heavy atom. The highest BCUT2D eigenvalue weighted by Crippen LogP contribution is 2.26. The van der Waals surface area contributed by atoms with Crippen LogP contribution in [-0.2, 0) is 5.75 Å². The van der Waals surface area contributed by atoms with Crippen LogP contribution in [0.4, 0.5) is 5.69 Å². The number of rotatable bonds is 3. The van der Waals surface area contributed by atoms with Gasteiger partial charge in [0.1, 0.15) is 5.51 Å². The van der Waals surface area contributed by atoms with Crippen LogP contribution in [0.5, 0.6) is 0 Å². The fourth-order valence-corrected chi connectivity index (χ4v) is 3.11. The van der Waals surface area contributed by atoms with E-state index in [0.29, 0.717) is 0 Å². The Labute approximate surface area is 104 Å². The van der Waals surface area contributed by atoms with Gasteiger partial charge in [-0.15, -0.1) is 10.2 Å². The first-order valence-corrected chi connectivity index (χ1v) is 6.84. The van der Waals surface area contributed by atoms with E-state index in [2.05, 4.69) is 32.2 Å². The Morgan fingerprint density at radius 3 is 2.93 bits per heavy atom. The molecule has 2 aromatic rings. The van der Waals surface area contributed by atoms with Crippen molar-refractivity contribution in [1.29, 1.82) is 0 Å². The summed E-state index contributed by atoms with van der Waals surface area (Å²) in [5, 5.41) is 7.75. The Bertz CT molecular complexity index is 424. The summed E-state index contributed by atoms with van der Waals surface area (Å²) in [6.07, 6.45) is 0. The third kappa shape index (κ3) is 3.19. The lowest BCUT2D eigenvalue weighted by Gasteiger charge is -2.01. The summed E-state index contributed by atoms with van der Waals surface area (Å²) in [5.74, 6) is 0.860. The van der Waals surface area contributed by atoms with Crippen molar-refractivity contribution in [3.8, 4) is 0 Å². The molecule has 0 amide bonds. The largest absolute Gasteiger partial charge is 0.399 e. The second kappa shape index (κ2) is 4.96. The monoisotopic (exact) mass is 301 g/mol. The zero-order chi connectivity index (χ0) is 10.7. The number of hydrogen-bond acceptors (Lipinski definition) is 5. The summed E-state index contributed by atoms with van der Waals surface area (Å²) in [7, 11) is 0. The van der Waals surface area contributed by atoms with Gasteiger partial charge in [-0.1, -0.05) is 39.0 Å². The van der Waals surface area contributed by atoms with E-state index >= 15 is 0 Å². The molecule has 2 N–H and O–H groups in total. The number of benzene rings is 1. The zero-order valence-electron chi connectivity index (χ0n) is 7.68. The molecule has 1 aromatic heterocycles. The Morgan fingerprint density at radius 1 is 1.40 bits per heavy atom. The van der Waals surface area contributed by atoms with Crippen LogP contribution >= 0.6 is 39.0 Å². The summed E-state index contributed by atoms with van der Waals surface area (Å²) in [6.45, 7) is 0. The van der Waals surface area contributed by atoms with Crippen molar-refractivity contribution in [2.45, 2.75) is 10.1 Å². The van der Waals surface area contributed by atoms with Crippen molar-refractivity contribution in [3.63, 3.8) is 0 Å². The average molecular weight is 302 g/mol. The van der Waals surface area contributed by atoms with E-state index in [1.807, 2.05) is 12.1 Å². The van der Waals surface area contributed by atoms with Gasteiger partial charge in [0, 0.05) is 15.9 Å². The number of nitrogens with zero attached hydrogens (tertiary/aromatic N) is 2. The third-order valence-corrected chi connectivity index (χ3v) is 4.07. The van der Waals surface area contributed by atoms with E-state index < -0.39 is 0 Å². The van der Waals surface area contributed by atoms with Crippen molar-refractivity contribution in [1.82, 2.24) is 10.2 Å². The second-order valence-corrected chi connectivity index (χ2v) is 5.86. The molecule has 0 saturated carbocycles. The number of hydrogen-bond donors (Lipinski definition) is 1. The molecule has 0 unspecified atom stereocenters. The average Bonchev–Trinajstić information content (AvgIpc) is 2.65. The minimum Gasteiger partial charge on any atom is -0.399 e. The summed E-state index contributed by atoms with van der Waals surface area (Å²) in [4.78, 5) is 0. The van der Waals surface area contributed by atoms with Gasteiger partial charge in [0.25, 0.3) is 0 Å². The lowest BCUT2D eigenvalue weighted by molar-refractivity contribution is 1.01. The SMILES string of the molecule is Nc1cc(Br)cc(CSc2nncs2)c1. The topological polar surface area (TPSA) is 51.8 Å². The summed E-state index contributed by atoms with van der Waals surface area (Å²) >= 11 is 6.63. The van der Waals surface area contributed by atoms with Crippen molar-refractivity contribution in [2.24, 2.45) is 0 Å². The van der Waals surface area contributed by atoms with Gasteiger partial charge < -0.3 is 5.73 Å². The molecule has 0 radical (unpaired) electrons. The predicted molar refractivity (Wildman–Crippen MR) is 68.0 cm³/mol. The molecular formula is C9H8BrN3S2. The van der Waals surface area contributed by atoms with Crippen LogP contribution in [-0.4, -0.2) is 10.2 Å². The summed E-state index contributed by atoms with van der Waals surface area (Å²) < 4.78 is 1.99. The van der Waals surface area contributed by atoms with Gasteiger partial charge in [0.05, 0.1) is 0 Å². The van der Waals surface area contributed by atoms with Crippen molar-refractivity contribution < 1.29 is 0 Å². The van der Waals surface area contributed by atoms with Crippen molar-refractivity contribution >= 4 is 44.7 Å². The second-order valence-electron chi connectivity index (χ2n) is 2.89. The molecule has 6 heteroatoms. The predicted octanol–water partition coefficient (Wildman–Crippen LogP) is 3.18. The molecule has 2 rings (SSSR count). The van der Waals surface area contributed by atoms with Gasteiger partial charge in [0.15, 0.2) is 4.34 Å². The lowest BCUT2D eigenvalue weighted by Crippen LogP contribution is -1.88. The molecule has 0 atom stereocenters. The molecule has 0 aliphatic rings. The van der Waals surface area contributed by atoms with Gasteiger partial charge in [-0.25, -0.2) is 0 Å². The van der Waals surface area contributed by atoms with Gasteiger partial charge in [-0.05, 0) is 23.8 Å². The van der Waals surface area contributed by atoms with E-state index in [4.69, 9.17) is 5.73 Å². The van der Waals surface area contributed by atoms with Crippen LogP contribution in [0, 0.1) is 0 Å². The van der Waals surface area contributed by atoms with Gasteiger partial charge in [0.2, 0.25) is 0 Å². The normalized spacial score (nSPS) is 10.5. The zero-order valence-corrected chi connectivity index (χ0v) is 10.9. The van der Waals surface area contributed by atoms with E-state index in [9.17, 15) is 0 Å². The van der Waals surface area contributed by atoms with Crippen LogP contribution in [0.3, 0.4) is 0 Å². The molecule has 0 aliphatic heterocycles. The molecule has 78 valence electrons. The summed E-state index contributed by atoms with van der Waals surface area (Å²) in [5.41, 5.74) is 9.44. The van der Waals surface area contributed by atoms with E-state index in [1.54, 1.807) is 28.6 Å². The quantitative estimate of drug-likeness (QED) is 0.699. The van der Waals surface area contributed by atoms with Crippen LogP contribution in [0.2, 0.25) is 0 Å². The molecule has 0 fully saturated rings. The molecule has 15 heavy (non-hydrogen) atoms. The highest BCUT2D eigenvalue weighted by atomic mass is 79.9. The molecular weight excluding hydrogens is 294 g/mol. The lowest BCUT2D eigenvalue weighted by atomic mass is 10.2. The molecule has 0 saturated heterocycles. The van der Waals surface area contributed by atoms with Crippen LogP contribution in [0.1, 0.15) is 5.56 Å². The van der Waals surface area contributed by atoms with Crippen molar-refractivity contribution in [3.05, 3.63) is 33.7 Å². The van der Waals surface area contributed by atoms with Crippen LogP contribution in [0.25, 0.3) is 0 Å². The molecule has 0 bridgehead atoms.